The molecule has 3 rings (SSSR count). The van der Waals surface area contributed by atoms with E-state index in [1.54, 1.807) is 25.3 Å². The van der Waals surface area contributed by atoms with Crippen LogP contribution in [0, 0.1) is 0 Å². The summed E-state index contributed by atoms with van der Waals surface area (Å²) in [4.78, 5) is 12.3. The fourth-order valence-electron chi connectivity index (χ4n) is 2.14. The molecule has 0 bridgehead atoms. The molecule has 1 amide bonds. The number of nitrogens with one attached hydrogen (secondary N) is 1. The summed E-state index contributed by atoms with van der Waals surface area (Å²) in [6, 6.07) is 18.2. The Balaban J connectivity index is 1.79. The standard InChI is InChI=1S/C18H14BrN3O2/c1-24-17-10-9-16(21-22-17)13-3-2-4-15(11-13)20-18(23)12-5-7-14(19)8-6-12/h2-11H,1H3,(H,20,23). The molecular weight excluding hydrogens is 370 g/mol. The van der Waals surface area contributed by atoms with Crippen LogP contribution >= 0.6 is 15.9 Å². The van der Waals surface area contributed by atoms with Crippen LogP contribution in [0.1, 0.15) is 10.4 Å². The number of hydrogen-bond donors (Lipinski definition) is 1. The molecule has 0 spiro atoms. The Bertz CT molecular complexity index is 849. The van der Waals surface area contributed by atoms with Crippen molar-refractivity contribution in [2.75, 3.05) is 12.4 Å². The lowest BCUT2D eigenvalue weighted by atomic mass is 10.1. The van der Waals surface area contributed by atoms with Crippen LogP contribution in [-0.2, 0) is 0 Å². The smallest absolute Gasteiger partial charge is 0.255 e. The molecule has 0 fully saturated rings. The van der Waals surface area contributed by atoms with Crippen LogP contribution in [0.2, 0.25) is 0 Å². The summed E-state index contributed by atoms with van der Waals surface area (Å²) in [5.74, 6) is 0.291. The zero-order valence-corrected chi connectivity index (χ0v) is 14.4. The van der Waals surface area contributed by atoms with Crippen molar-refractivity contribution >= 4 is 27.5 Å². The molecule has 1 heterocycles. The van der Waals surface area contributed by atoms with E-state index in [9.17, 15) is 4.79 Å². The van der Waals surface area contributed by atoms with Gasteiger partial charge in [-0.3, -0.25) is 4.79 Å². The van der Waals surface area contributed by atoms with Gasteiger partial charge in [0.2, 0.25) is 5.88 Å². The van der Waals surface area contributed by atoms with E-state index in [2.05, 4.69) is 31.4 Å². The Labute approximate surface area is 147 Å². The molecule has 1 aromatic heterocycles. The highest BCUT2D eigenvalue weighted by Gasteiger charge is 2.07. The van der Waals surface area contributed by atoms with Crippen molar-refractivity contribution in [3.63, 3.8) is 0 Å². The van der Waals surface area contributed by atoms with Crippen LogP contribution in [0.25, 0.3) is 11.3 Å². The third-order valence-corrected chi connectivity index (χ3v) is 3.90. The first-order valence-corrected chi connectivity index (χ1v) is 8.00. The van der Waals surface area contributed by atoms with Gasteiger partial charge in [0, 0.05) is 27.4 Å². The molecule has 0 aliphatic rings. The average molecular weight is 384 g/mol. The minimum absolute atomic E-state index is 0.166. The first-order valence-electron chi connectivity index (χ1n) is 7.21. The minimum Gasteiger partial charge on any atom is -0.480 e. The highest BCUT2D eigenvalue weighted by molar-refractivity contribution is 9.10. The average Bonchev–Trinajstić information content (AvgIpc) is 2.62. The Morgan fingerprint density at radius 1 is 1.04 bits per heavy atom. The van der Waals surface area contributed by atoms with Gasteiger partial charge in [0.05, 0.1) is 12.8 Å². The lowest BCUT2D eigenvalue weighted by molar-refractivity contribution is 0.102. The topological polar surface area (TPSA) is 64.1 Å². The normalized spacial score (nSPS) is 10.2. The third kappa shape index (κ3) is 3.78. The molecule has 3 aromatic rings. The maximum absolute atomic E-state index is 12.3. The number of rotatable bonds is 4. The van der Waals surface area contributed by atoms with E-state index >= 15 is 0 Å². The van der Waals surface area contributed by atoms with Gasteiger partial charge in [0.25, 0.3) is 5.91 Å². The molecule has 0 aliphatic carbocycles. The molecule has 1 N–H and O–H groups in total. The molecular formula is C18H14BrN3O2. The van der Waals surface area contributed by atoms with Crippen molar-refractivity contribution in [3.8, 4) is 17.1 Å². The van der Waals surface area contributed by atoms with Crippen LogP contribution in [-0.4, -0.2) is 23.2 Å². The van der Waals surface area contributed by atoms with Crippen LogP contribution in [0.4, 0.5) is 5.69 Å². The van der Waals surface area contributed by atoms with Crippen LogP contribution in [0.5, 0.6) is 5.88 Å². The fraction of sp³-hybridized carbons (Fsp3) is 0.0556. The Hall–Kier alpha value is -2.73. The Kier molecular flexibility index (Phi) is 4.86. The second-order valence-corrected chi connectivity index (χ2v) is 5.92. The molecule has 2 aromatic carbocycles. The molecule has 0 aliphatic heterocycles. The SMILES string of the molecule is COc1ccc(-c2cccc(NC(=O)c3ccc(Br)cc3)c2)nn1. The van der Waals surface area contributed by atoms with Crippen molar-refractivity contribution in [3.05, 3.63) is 70.7 Å². The van der Waals surface area contributed by atoms with Crippen molar-refractivity contribution < 1.29 is 9.53 Å². The number of benzene rings is 2. The van der Waals surface area contributed by atoms with E-state index in [0.717, 1.165) is 10.0 Å². The zero-order chi connectivity index (χ0) is 16.9. The maximum Gasteiger partial charge on any atom is 0.255 e. The predicted molar refractivity (Wildman–Crippen MR) is 96.1 cm³/mol. The quantitative estimate of drug-likeness (QED) is 0.734. The third-order valence-electron chi connectivity index (χ3n) is 3.37. The van der Waals surface area contributed by atoms with E-state index in [1.165, 1.54) is 0 Å². The fourth-order valence-corrected chi connectivity index (χ4v) is 2.41. The monoisotopic (exact) mass is 383 g/mol. The molecule has 0 saturated carbocycles. The van der Waals surface area contributed by atoms with Gasteiger partial charge in [0.15, 0.2) is 0 Å². The molecule has 0 atom stereocenters. The molecule has 5 nitrogen and oxygen atoms in total. The molecule has 0 unspecified atom stereocenters. The lowest BCUT2D eigenvalue weighted by Crippen LogP contribution is -2.11. The van der Waals surface area contributed by atoms with Gasteiger partial charge in [-0.15, -0.1) is 10.2 Å². The Morgan fingerprint density at radius 3 is 2.50 bits per heavy atom. The molecule has 0 saturated heterocycles. The molecule has 6 heteroatoms. The molecule has 0 radical (unpaired) electrons. The lowest BCUT2D eigenvalue weighted by Gasteiger charge is -2.07. The number of aromatic nitrogens is 2. The van der Waals surface area contributed by atoms with Gasteiger partial charge < -0.3 is 10.1 Å². The van der Waals surface area contributed by atoms with Gasteiger partial charge in [0.1, 0.15) is 0 Å². The summed E-state index contributed by atoms with van der Waals surface area (Å²) >= 11 is 3.35. The minimum atomic E-state index is -0.166. The van der Waals surface area contributed by atoms with E-state index in [-0.39, 0.29) is 5.91 Å². The number of nitrogens with zero attached hydrogens (tertiary/aromatic N) is 2. The summed E-state index contributed by atoms with van der Waals surface area (Å²) < 4.78 is 5.93. The highest BCUT2D eigenvalue weighted by atomic mass is 79.9. The van der Waals surface area contributed by atoms with Crippen LogP contribution in [0.3, 0.4) is 0 Å². The van der Waals surface area contributed by atoms with Crippen molar-refractivity contribution in [1.29, 1.82) is 0 Å². The predicted octanol–water partition coefficient (Wildman–Crippen LogP) is 4.17. The second-order valence-electron chi connectivity index (χ2n) is 5.00. The number of carbonyl (C=O) groups excluding carboxylic acids is 1. The molecule has 120 valence electrons. The number of ether oxygens (including phenoxy) is 1. The van der Waals surface area contributed by atoms with E-state index in [4.69, 9.17) is 4.74 Å². The zero-order valence-electron chi connectivity index (χ0n) is 12.9. The summed E-state index contributed by atoms with van der Waals surface area (Å²) in [5.41, 5.74) is 2.85. The first-order chi connectivity index (χ1) is 11.7. The van der Waals surface area contributed by atoms with Crippen molar-refractivity contribution in [2.45, 2.75) is 0 Å². The van der Waals surface area contributed by atoms with Crippen molar-refractivity contribution in [1.82, 2.24) is 10.2 Å². The number of halogens is 1. The van der Waals surface area contributed by atoms with Gasteiger partial charge >= 0.3 is 0 Å². The van der Waals surface area contributed by atoms with Crippen LogP contribution in [0.15, 0.2) is 65.1 Å². The number of carbonyl (C=O) groups is 1. The van der Waals surface area contributed by atoms with Gasteiger partial charge in [-0.2, -0.15) is 0 Å². The number of hydrogen-bond acceptors (Lipinski definition) is 4. The Morgan fingerprint density at radius 2 is 1.83 bits per heavy atom. The van der Waals surface area contributed by atoms with Gasteiger partial charge in [-0.1, -0.05) is 28.1 Å². The van der Waals surface area contributed by atoms with E-state index < -0.39 is 0 Å². The molecule has 24 heavy (non-hydrogen) atoms. The summed E-state index contributed by atoms with van der Waals surface area (Å²) in [6.45, 7) is 0. The van der Waals surface area contributed by atoms with Crippen LogP contribution < -0.4 is 10.1 Å². The van der Waals surface area contributed by atoms with Gasteiger partial charge in [-0.25, -0.2) is 0 Å². The highest BCUT2D eigenvalue weighted by Crippen LogP contribution is 2.22. The number of amides is 1. The summed E-state index contributed by atoms with van der Waals surface area (Å²) in [6.07, 6.45) is 0. The largest absolute Gasteiger partial charge is 0.480 e. The van der Waals surface area contributed by atoms with Crippen molar-refractivity contribution in [2.24, 2.45) is 0 Å². The summed E-state index contributed by atoms with van der Waals surface area (Å²) in [7, 11) is 1.54. The number of methoxy groups -OCH3 is 1. The van der Waals surface area contributed by atoms with Gasteiger partial charge in [-0.05, 0) is 42.5 Å². The van der Waals surface area contributed by atoms with E-state index in [0.29, 0.717) is 22.8 Å². The number of anilines is 1. The maximum atomic E-state index is 12.3. The first kappa shape index (κ1) is 16.1. The summed E-state index contributed by atoms with van der Waals surface area (Å²) in [5, 5.41) is 11.0. The second kappa shape index (κ2) is 7.23. The van der Waals surface area contributed by atoms with E-state index in [1.807, 2.05) is 42.5 Å².